The summed E-state index contributed by atoms with van der Waals surface area (Å²) in [7, 11) is 0. The Hall–Kier alpha value is -0.630. The van der Waals surface area contributed by atoms with Crippen molar-refractivity contribution in [3.05, 3.63) is 24.3 Å². The molecule has 64 valence electrons. The molecule has 12 heavy (non-hydrogen) atoms. The summed E-state index contributed by atoms with van der Waals surface area (Å²) in [5.41, 5.74) is 1.31. The Kier molecular flexibility index (Phi) is 2.26. The number of fused-ring (bicyclic) bond motifs is 1. The molecule has 1 aliphatic heterocycles. The van der Waals surface area contributed by atoms with Crippen LogP contribution in [0.1, 0.15) is 19.8 Å². The summed E-state index contributed by atoms with van der Waals surface area (Å²) in [4.78, 5) is 1.40. The number of benzene rings is 1. The Morgan fingerprint density at radius 3 is 3.00 bits per heavy atom. The molecule has 0 unspecified atom stereocenters. The van der Waals surface area contributed by atoms with Crippen LogP contribution in [0.15, 0.2) is 29.2 Å². The molecule has 0 aromatic heterocycles. The second kappa shape index (κ2) is 3.40. The zero-order chi connectivity index (χ0) is 8.39. The molecule has 0 aliphatic carbocycles. The summed E-state index contributed by atoms with van der Waals surface area (Å²) in [6.07, 6.45) is 2.50. The van der Waals surface area contributed by atoms with Crippen molar-refractivity contribution in [3.8, 4) is 0 Å². The maximum atomic E-state index is 3.50. The lowest BCUT2D eigenvalue weighted by molar-refractivity contribution is 0.803. The van der Waals surface area contributed by atoms with Crippen LogP contribution in [0.3, 0.4) is 0 Å². The molecule has 0 spiro atoms. The molecular weight excluding hydrogens is 166 g/mol. The smallest absolute Gasteiger partial charge is 0.0769 e. The molecule has 1 aromatic rings. The Balaban J connectivity index is 2.11. The fourth-order valence-corrected chi connectivity index (χ4v) is 2.70. The Morgan fingerprint density at radius 1 is 1.42 bits per heavy atom. The van der Waals surface area contributed by atoms with Crippen LogP contribution in [0.25, 0.3) is 0 Å². The van der Waals surface area contributed by atoms with Gasteiger partial charge in [0.1, 0.15) is 0 Å². The molecule has 0 amide bonds. The maximum absolute atomic E-state index is 3.50. The molecule has 1 heterocycles. The van der Waals surface area contributed by atoms with Gasteiger partial charge in [0.25, 0.3) is 0 Å². The van der Waals surface area contributed by atoms with E-state index in [2.05, 4.69) is 36.5 Å². The molecule has 1 N–H and O–H groups in total. The van der Waals surface area contributed by atoms with Gasteiger partial charge in [-0.15, -0.1) is 0 Å². The molecular formula is C10H13NS. The maximum Gasteiger partial charge on any atom is 0.0769 e. The largest absolute Gasteiger partial charge is 0.372 e. The summed E-state index contributed by atoms with van der Waals surface area (Å²) >= 11 is 1.95. The van der Waals surface area contributed by atoms with Crippen molar-refractivity contribution in [2.24, 2.45) is 0 Å². The van der Waals surface area contributed by atoms with Crippen LogP contribution < -0.4 is 5.32 Å². The molecule has 0 bridgehead atoms. The highest BCUT2D eigenvalue weighted by molar-refractivity contribution is 8.00. The number of hydrogen-bond acceptors (Lipinski definition) is 2. The lowest BCUT2D eigenvalue weighted by Gasteiger charge is -2.06. The van der Waals surface area contributed by atoms with E-state index < -0.39 is 0 Å². The summed E-state index contributed by atoms with van der Waals surface area (Å²) in [6, 6.07) is 8.52. The van der Waals surface area contributed by atoms with Crippen molar-refractivity contribution in [1.82, 2.24) is 0 Å². The van der Waals surface area contributed by atoms with E-state index >= 15 is 0 Å². The molecule has 1 aliphatic rings. The summed E-state index contributed by atoms with van der Waals surface area (Å²) < 4.78 is 0. The standard InChI is InChI=1S/C10H13NS/c1-2-5-10-11-8-6-3-4-7-9(8)12-10/h3-4,6-7,10-11H,2,5H2,1H3/t10-/m0/s1. The molecule has 1 aromatic carbocycles. The van der Waals surface area contributed by atoms with Crippen LogP contribution in [-0.2, 0) is 0 Å². The third-order valence-corrected chi connectivity index (χ3v) is 3.27. The van der Waals surface area contributed by atoms with Gasteiger partial charge in [-0.05, 0) is 18.6 Å². The predicted octanol–water partition coefficient (Wildman–Crippen LogP) is 3.33. The van der Waals surface area contributed by atoms with Crippen molar-refractivity contribution in [1.29, 1.82) is 0 Å². The zero-order valence-corrected chi connectivity index (χ0v) is 8.03. The molecule has 0 saturated carbocycles. The predicted molar refractivity (Wildman–Crippen MR) is 54.6 cm³/mol. The quantitative estimate of drug-likeness (QED) is 0.747. The van der Waals surface area contributed by atoms with Crippen molar-refractivity contribution >= 4 is 17.4 Å². The minimum absolute atomic E-state index is 0.604. The van der Waals surface area contributed by atoms with Gasteiger partial charge in [0.15, 0.2) is 0 Å². The van der Waals surface area contributed by atoms with Crippen molar-refractivity contribution in [2.75, 3.05) is 5.32 Å². The second-order valence-corrected chi connectivity index (χ2v) is 4.28. The van der Waals surface area contributed by atoms with Crippen LogP contribution in [-0.4, -0.2) is 5.37 Å². The van der Waals surface area contributed by atoms with Gasteiger partial charge in [-0.3, -0.25) is 0 Å². The first-order chi connectivity index (χ1) is 5.90. The number of nitrogens with one attached hydrogen (secondary N) is 1. The first kappa shape index (κ1) is 7.99. The minimum atomic E-state index is 0.604. The monoisotopic (exact) mass is 179 g/mol. The second-order valence-electron chi connectivity index (χ2n) is 3.04. The van der Waals surface area contributed by atoms with E-state index in [1.807, 2.05) is 11.8 Å². The van der Waals surface area contributed by atoms with Gasteiger partial charge in [-0.1, -0.05) is 37.2 Å². The van der Waals surface area contributed by atoms with E-state index in [9.17, 15) is 0 Å². The van der Waals surface area contributed by atoms with E-state index in [1.165, 1.54) is 23.4 Å². The van der Waals surface area contributed by atoms with Crippen molar-refractivity contribution in [3.63, 3.8) is 0 Å². The summed E-state index contributed by atoms with van der Waals surface area (Å²) in [6.45, 7) is 2.23. The van der Waals surface area contributed by atoms with Gasteiger partial charge in [-0.2, -0.15) is 0 Å². The third-order valence-electron chi connectivity index (χ3n) is 2.02. The van der Waals surface area contributed by atoms with Gasteiger partial charge >= 0.3 is 0 Å². The highest BCUT2D eigenvalue weighted by Crippen LogP contribution is 2.39. The Morgan fingerprint density at radius 2 is 2.25 bits per heavy atom. The highest BCUT2D eigenvalue weighted by Gasteiger charge is 2.18. The lowest BCUT2D eigenvalue weighted by atomic mass is 10.3. The van der Waals surface area contributed by atoms with E-state index in [1.54, 1.807) is 0 Å². The molecule has 2 heteroatoms. The number of para-hydroxylation sites is 1. The average Bonchev–Trinajstić information content (AvgIpc) is 2.47. The first-order valence-corrected chi connectivity index (χ1v) is 5.30. The number of thioether (sulfide) groups is 1. The Labute approximate surface area is 77.6 Å². The fourth-order valence-electron chi connectivity index (χ4n) is 1.44. The number of hydrogen-bond donors (Lipinski definition) is 1. The molecule has 1 nitrogen and oxygen atoms in total. The molecule has 0 radical (unpaired) electrons. The summed E-state index contributed by atoms with van der Waals surface area (Å²) in [5.74, 6) is 0. The molecule has 2 rings (SSSR count). The topological polar surface area (TPSA) is 12.0 Å². The van der Waals surface area contributed by atoms with Gasteiger partial charge in [0.2, 0.25) is 0 Å². The van der Waals surface area contributed by atoms with Gasteiger partial charge in [0, 0.05) is 10.6 Å². The van der Waals surface area contributed by atoms with Gasteiger partial charge in [0.05, 0.1) is 5.37 Å². The molecule has 1 atom stereocenters. The lowest BCUT2D eigenvalue weighted by Crippen LogP contribution is -2.08. The summed E-state index contributed by atoms with van der Waals surface area (Å²) in [5, 5.41) is 4.10. The van der Waals surface area contributed by atoms with E-state index in [-0.39, 0.29) is 0 Å². The zero-order valence-electron chi connectivity index (χ0n) is 7.21. The molecule has 0 fully saturated rings. The van der Waals surface area contributed by atoms with Gasteiger partial charge < -0.3 is 5.32 Å². The van der Waals surface area contributed by atoms with Crippen LogP contribution >= 0.6 is 11.8 Å². The van der Waals surface area contributed by atoms with Crippen molar-refractivity contribution in [2.45, 2.75) is 30.0 Å². The normalized spacial score (nSPS) is 20.2. The number of rotatable bonds is 2. The van der Waals surface area contributed by atoms with Crippen LogP contribution in [0.5, 0.6) is 0 Å². The van der Waals surface area contributed by atoms with Crippen LogP contribution in [0.4, 0.5) is 5.69 Å². The molecule has 0 saturated heterocycles. The minimum Gasteiger partial charge on any atom is -0.372 e. The van der Waals surface area contributed by atoms with Gasteiger partial charge in [-0.25, -0.2) is 0 Å². The highest BCUT2D eigenvalue weighted by atomic mass is 32.2. The average molecular weight is 179 g/mol. The SMILES string of the molecule is CCC[C@H]1Nc2ccccc2S1. The third kappa shape index (κ3) is 1.44. The van der Waals surface area contributed by atoms with E-state index in [0.717, 1.165) is 0 Å². The Bertz CT molecular complexity index is 247. The first-order valence-electron chi connectivity index (χ1n) is 4.42. The van der Waals surface area contributed by atoms with Crippen molar-refractivity contribution < 1.29 is 0 Å². The van der Waals surface area contributed by atoms with E-state index in [0.29, 0.717) is 5.37 Å². The van der Waals surface area contributed by atoms with Crippen LogP contribution in [0.2, 0.25) is 0 Å². The number of anilines is 1. The van der Waals surface area contributed by atoms with Crippen LogP contribution in [0, 0.1) is 0 Å². The fraction of sp³-hybridized carbons (Fsp3) is 0.400. The van der Waals surface area contributed by atoms with E-state index in [4.69, 9.17) is 0 Å².